The summed E-state index contributed by atoms with van der Waals surface area (Å²) < 4.78 is 6.79. The summed E-state index contributed by atoms with van der Waals surface area (Å²) in [5, 5.41) is 0. The lowest BCUT2D eigenvalue weighted by atomic mass is 10.2. The number of hydrogen-bond acceptors (Lipinski definition) is 4. The van der Waals surface area contributed by atoms with E-state index < -0.39 is 0 Å². The number of rotatable bonds is 3. The number of benzene rings is 1. The Balaban J connectivity index is 1.96. The summed E-state index contributed by atoms with van der Waals surface area (Å²) in [7, 11) is 0. The van der Waals surface area contributed by atoms with Crippen molar-refractivity contribution in [1.29, 1.82) is 0 Å². The van der Waals surface area contributed by atoms with Crippen LogP contribution in [0.15, 0.2) is 42.7 Å². The molecule has 0 atom stereocenters. The quantitative estimate of drug-likeness (QED) is 0.687. The maximum atomic E-state index is 11.6. The first-order valence-electron chi connectivity index (χ1n) is 5.99. The molecule has 0 amide bonds. The number of hydrogen-bond donors (Lipinski definition) is 0. The Hall–Kier alpha value is -2.14. The molecule has 0 saturated heterocycles. The van der Waals surface area contributed by atoms with Crippen molar-refractivity contribution in [2.24, 2.45) is 0 Å². The molecule has 0 aliphatic rings. The van der Waals surface area contributed by atoms with Gasteiger partial charge in [-0.05, 0) is 12.5 Å². The molecule has 0 N–H and O–H groups in total. The summed E-state index contributed by atoms with van der Waals surface area (Å²) in [6.45, 7) is 2.14. The Morgan fingerprint density at radius 2 is 2.11 bits per heavy atom. The second-order valence-electron chi connectivity index (χ2n) is 4.00. The number of thiazole rings is 1. The minimum absolute atomic E-state index is 0.354. The van der Waals surface area contributed by atoms with E-state index in [9.17, 15) is 4.79 Å². The molecular weight excluding hydrogens is 260 g/mol. The van der Waals surface area contributed by atoms with E-state index in [-0.39, 0.29) is 5.97 Å². The number of esters is 1. The maximum Gasteiger partial charge on any atom is 0.358 e. The summed E-state index contributed by atoms with van der Waals surface area (Å²) in [6, 6.07) is 10.1. The van der Waals surface area contributed by atoms with Gasteiger partial charge in [0.1, 0.15) is 0 Å². The van der Waals surface area contributed by atoms with Crippen LogP contribution in [-0.2, 0) is 4.74 Å². The van der Waals surface area contributed by atoms with Crippen LogP contribution in [0.1, 0.15) is 17.4 Å². The average molecular weight is 272 g/mol. The Kier molecular flexibility index (Phi) is 3.05. The third kappa shape index (κ3) is 2.24. The van der Waals surface area contributed by atoms with Gasteiger partial charge in [0.2, 0.25) is 0 Å². The van der Waals surface area contributed by atoms with Gasteiger partial charge in [-0.3, -0.25) is 4.40 Å². The average Bonchev–Trinajstić information content (AvgIpc) is 2.98. The van der Waals surface area contributed by atoms with Crippen molar-refractivity contribution in [2.75, 3.05) is 6.61 Å². The molecule has 3 rings (SSSR count). The fraction of sp³-hybridized carbons (Fsp3) is 0.143. The van der Waals surface area contributed by atoms with Gasteiger partial charge in [0.05, 0.1) is 11.5 Å². The number of carbonyl (C=O) groups is 1. The molecule has 0 radical (unpaired) electrons. The van der Waals surface area contributed by atoms with Crippen LogP contribution in [0.2, 0.25) is 0 Å². The van der Waals surface area contributed by atoms with Gasteiger partial charge in [-0.2, -0.15) is 0 Å². The highest BCUT2D eigenvalue weighted by Gasteiger charge is 2.14. The first-order valence-corrected chi connectivity index (χ1v) is 6.80. The van der Waals surface area contributed by atoms with Gasteiger partial charge in [-0.25, -0.2) is 9.78 Å². The highest BCUT2D eigenvalue weighted by Crippen LogP contribution is 2.28. The zero-order valence-electron chi connectivity index (χ0n) is 10.4. The number of imidazole rings is 1. The van der Waals surface area contributed by atoms with Gasteiger partial charge < -0.3 is 4.74 Å². The van der Waals surface area contributed by atoms with Gasteiger partial charge in [0.15, 0.2) is 10.7 Å². The molecule has 5 heteroatoms. The van der Waals surface area contributed by atoms with E-state index in [0.717, 1.165) is 15.4 Å². The summed E-state index contributed by atoms with van der Waals surface area (Å²) >= 11 is 1.55. The monoisotopic (exact) mass is 272 g/mol. The van der Waals surface area contributed by atoms with Crippen molar-refractivity contribution in [3.63, 3.8) is 0 Å². The number of aromatic nitrogens is 2. The number of ether oxygens (including phenoxy) is 1. The molecule has 0 bridgehead atoms. The zero-order chi connectivity index (χ0) is 13.2. The van der Waals surface area contributed by atoms with Crippen LogP contribution in [0.5, 0.6) is 0 Å². The lowest BCUT2D eigenvalue weighted by molar-refractivity contribution is 0.0520. The highest BCUT2D eigenvalue weighted by molar-refractivity contribution is 7.20. The summed E-state index contributed by atoms with van der Waals surface area (Å²) in [5.74, 6) is -0.375. The Morgan fingerprint density at radius 1 is 1.32 bits per heavy atom. The van der Waals surface area contributed by atoms with E-state index in [1.807, 2.05) is 28.8 Å². The van der Waals surface area contributed by atoms with Crippen LogP contribution in [0.3, 0.4) is 0 Å². The predicted octanol–water partition coefficient (Wildman–Crippen LogP) is 3.24. The van der Waals surface area contributed by atoms with Crippen LogP contribution in [-0.4, -0.2) is 22.0 Å². The van der Waals surface area contributed by atoms with Crippen molar-refractivity contribution < 1.29 is 9.53 Å². The van der Waals surface area contributed by atoms with E-state index >= 15 is 0 Å². The molecule has 2 heterocycles. The summed E-state index contributed by atoms with van der Waals surface area (Å²) in [4.78, 5) is 17.8. The van der Waals surface area contributed by atoms with Crippen molar-refractivity contribution in [3.05, 3.63) is 48.4 Å². The lowest BCUT2D eigenvalue weighted by Gasteiger charge is -1.96. The van der Waals surface area contributed by atoms with Crippen molar-refractivity contribution in [3.8, 4) is 10.4 Å². The maximum absolute atomic E-state index is 11.6. The smallest absolute Gasteiger partial charge is 0.358 e. The number of fused-ring (bicyclic) bond motifs is 1. The Labute approximate surface area is 114 Å². The highest BCUT2D eigenvalue weighted by atomic mass is 32.1. The van der Waals surface area contributed by atoms with Crippen LogP contribution < -0.4 is 0 Å². The second kappa shape index (κ2) is 4.85. The fourth-order valence-corrected chi connectivity index (χ4v) is 2.81. The molecule has 0 unspecified atom stereocenters. The van der Waals surface area contributed by atoms with Crippen LogP contribution >= 0.6 is 11.3 Å². The van der Waals surface area contributed by atoms with E-state index in [4.69, 9.17) is 4.74 Å². The summed E-state index contributed by atoms with van der Waals surface area (Å²) in [6.07, 6.45) is 3.68. The molecule has 0 aliphatic carbocycles. The third-order valence-corrected chi connectivity index (χ3v) is 3.74. The Morgan fingerprint density at radius 3 is 2.79 bits per heavy atom. The van der Waals surface area contributed by atoms with Crippen LogP contribution in [0.25, 0.3) is 15.4 Å². The molecule has 1 aromatic carbocycles. The number of carbonyl (C=O) groups excluding carboxylic acids is 1. The van der Waals surface area contributed by atoms with E-state index in [1.54, 1.807) is 24.5 Å². The van der Waals surface area contributed by atoms with E-state index in [1.165, 1.54) is 0 Å². The molecule has 0 fully saturated rings. The van der Waals surface area contributed by atoms with Crippen LogP contribution in [0.4, 0.5) is 0 Å². The molecule has 3 aromatic rings. The molecule has 0 spiro atoms. The first-order chi connectivity index (χ1) is 9.28. The van der Waals surface area contributed by atoms with E-state index in [2.05, 4.69) is 17.1 Å². The SMILES string of the molecule is CCOC(=O)c1cn2cc(-c3ccccc3)sc2n1. The van der Waals surface area contributed by atoms with Crippen molar-refractivity contribution in [2.45, 2.75) is 6.92 Å². The lowest BCUT2D eigenvalue weighted by Crippen LogP contribution is -2.04. The largest absolute Gasteiger partial charge is 0.461 e. The van der Waals surface area contributed by atoms with Gasteiger partial charge in [-0.1, -0.05) is 41.7 Å². The minimum atomic E-state index is -0.375. The molecule has 0 saturated carbocycles. The molecule has 19 heavy (non-hydrogen) atoms. The normalized spacial score (nSPS) is 10.8. The van der Waals surface area contributed by atoms with Gasteiger partial charge >= 0.3 is 5.97 Å². The van der Waals surface area contributed by atoms with Gasteiger partial charge in [0, 0.05) is 12.4 Å². The topological polar surface area (TPSA) is 43.6 Å². The fourth-order valence-electron chi connectivity index (χ4n) is 1.83. The molecular formula is C14H12N2O2S. The third-order valence-electron chi connectivity index (χ3n) is 2.70. The van der Waals surface area contributed by atoms with Gasteiger partial charge in [0.25, 0.3) is 0 Å². The van der Waals surface area contributed by atoms with Crippen molar-refractivity contribution >= 4 is 22.3 Å². The zero-order valence-corrected chi connectivity index (χ0v) is 11.2. The number of nitrogens with zero attached hydrogens (tertiary/aromatic N) is 2. The van der Waals surface area contributed by atoms with Gasteiger partial charge in [-0.15, -0.1) is 0 Å². The summed E-state index contributed by atoms with van der Waals surface area (Å²) in [5.41, 5.74) is 1.50. The minimum Gasteiger partial charge on any atom is -0.461 e. The molecule has 2 aromatic heterocycles. The van der Waals surface area contributed by atoms with Crippen LogP contribution in [0, 0.1) is 0 Å². The molecule has 96 valence electrons. The standard InChI is InChI=1S/C14H12N2O2S/c1-2-18-13(17)11-8-16-9-12(19-14(16)15-11)10-6-4-3-5-7-10/h3-9H,2H2,1H3. The second-order valence-corrected chi connectivity index (χ2v) is 5.01. The molecule has 4 nitrogen and oxygen atoms in total. The van der Waals surface area contributed by atoms with Crippen molar-refractivity contribution in [1.82, 2.24) is 9.38 Å². The predicted molar refractivity (Wildman–Crippen MR) is 74.5 cm³/mol. The molecule has 0 aliphatic heterocycles. The first kappa shape index (κ1) is 11.9. The van der Waals surface area contributed by atoms with E-state index in [0.29, 0.717) is 12.3 Å². The Bertz CT molecular complexity index is 684.